The SMILES string of the molecule is CCCCN(CC)c1c(C#N)c(NCc2ccc(C)cc2)nc2ccccc12. The van der Waals surface area contributed by atoms with Gasteiger partial charge in [-0.05, 0) is 31.9 Å². The monoisotopic (exact) mass is 372 g/mol. The highest BCUT2D eigenvalue weighted by atomic mass is 15.1. The van der Waals surface area contributed by atoms with Gasteiger partial charge >= 0.3 is 0 Å². The molecule has 0 amide bonds. The van der Waals surface area contributed by atoms with Crippen molar-refractivity contribution in [2.75, 3.05) is 23.3 Å². The average Bonchev–Trinajstić information content (AvgIpc) is 2.73. The first kappa shape index (κ1) is 19.7. The molecule has 1 N–H and O–H groups in total. The van der Waals surface area contributed by atoms with Crippen molar-refractivity contribution >= 4 is 22.4 Å². The molecule has 3 rings (SSSR count). The first-order valence-electron chi connectivity index (χ1n) is 10.0. The number of para-hydroxylation sites is 1. The molecule has 0 bridgehead atoms. The Bertz CT molecular complexity index is 970. The van der Waals surface area contributed by atoms with Crippen LogP contribution in [0.4, 0.5) is 11.5 Å². The number of aryl methyl sites for hydroxylation is 1. The van der Waals surface area contributed by atoms with E-state index in [9.17, 15) is 5.26 Å². The predicted molar refractivity (Wildman–Crippen MR) is 118 cm³/mol. The predicted octanol–water partition coefficient (Wildman–Crippen LogP) is 5.65. The maximum atomic E-state index is 10.0. The summed E-state index contributed by atoms with van der Waals surface area (Å²) < 4.78 is 0. The summed E-state index contributed by atoms with van der Waals surface area (Å²) in [6, 6.07) is 18.9. The fraction of sp³-hybridized carbons (Fsp3) is 0.333. The van der Waals surface area contributed by atoms with Gasteiger partial charge in [0.25, 0.3) is 0 Å². The van der Waals surface area contributed by atoms with Crippen molar-refractivity contribution in [3.8, 4) is 6.07 Å². The fourth-order valence-corrected chi connectivity index (χ4v) is 3.43. The minimum absolute atomic E-state index is 0.628. The fourth-order valence-electron chi connectivity index (χ4n) is 3.43. The third-order valence-electron chi connectivity index (χ3n) is 5.04. The number of hydrogen-bond donors (Lipinski definition) is 1. The van der Waals surface area contributed by atoms with Crippen LogP contribution in [0, 0.1) is 18.3 Å². The maximum absolute atomic E-state index is 10.0. The Labute approximate surface area is 167 Å². The van der Waals surface area contributed by atoms with E-state index in [-0.39, 0.29) is 0 Å². The quantitative estimate of drug-likeness (QED) is 0.555. The lowest BCUT2D eigenvalue weighted by Crippen LogP contribution is -2.25. The Balaban J connectivity index is 2.04. The standard InChI is InChI=1S/C24H28N4/c1-4-6-15-28(5-2)23-20-9-7-8-10-22(20)27-24(21(23)16-25)26-17-19-13-11-18(3)12-14-19/h7-14H,4-6,15,17H2,1-3H3,(H,26,27). The second-order valence-electron chi connectivity index (χ2n) is 7.09. The van der Waals surface area contributed by atoms with Crippen molar-refractivity contribution in [1.82, 2.24) is 4.98 Å². The Morgan fingerprint density at radius 3 is 2.50 bits per heavy atom. The van der Waals surface area contributed by atoms with Crippen LogP contribution in [0.5, 0.6) is 0 Å². The van der Waals surface area contributed by atoms with Gasteiger partial charge in [0.05, 0.1) is 11.2 Å². The molecule has 1 heterocycles. The smallest absolute Gasteiger partial charge is 0.147 e. The summed E-state index contributed by atoms with van der Waals surface area (Å²) in [7, 11) is 0. The van der Waals surface area contributed by atoms with Gasteiger partial charge in [-0.25, -0.2) is 4.98 Å². The van der Waals surface area contributed by atoms with Crippen LogP contribution in [0.1, 0.15) is 43.4 Å². The van der Waals surface area contributed by atoms with Crippen molar-refractivity contribution in [3.63, 3.8) is 0 Å². The van der Waals surface area contributed by atoms with Crippen LogP contribution in [-0.2, 0) is 6.54 Å². The molecule has 144 valence electrons. The normalized spacial score (nSPS) is 10.6. The Morgan fingerprint density at radius 2 is 1.82 bits per heavy atom. The molecular formula is C24H28N4. The number of rotatable bonds is 8. The minimum atomic E-state index is 0.628. The summed E-state index contributed by atoms with van der Waals surface area (Å²) in [6.07, 6.45) is 2.22. The van der Waals surface area contributed by atoms with E-state index in [1.54, 1.807) is 0 Å². The van der Waals surface area contributed by atoms with Crippen LogP contribution in [0.2, 0.25) is 0 Å². The van der Waals surface area contributed by atoms with Crippen LogP contribution >= 0.6 is 0 Å². The Kier molecular flexibility index (Phi) is 6.49. The summed E-state index contributed by atoms with van der Waals surface area (Å²) in [6.45, 7) is 8.86. The topological polar surface area (TPSA) is 52.0 Å². The number of pyridine rings is 1. The summed E-state index contributed by atoms with van der Waals surface area (Å²) in [5.41, 5.74) is 4.95. The van der Waals surface area contributed by atoms with Crippen LogP contribution in [-0.4, -0.2) is 18.1 Å². The van der Waals surface area contributed by atoms with E-state index >= 15 is 0 Å². The van der Waals surface area contributed by atoms with Crippen LogP contribution in [0.25, 0.3) is 10.9 Å². The highest BCUT2D eigenvalue weighted by molar-refractivity contribution is 5.97. The molecule has 0 saturated heterocycles. The number of hydrogen-bond acceptors (Lipinski definition) is 4. The molecule has 0 spiro atoms. The summed E-state index contributed by atoms with van der Waals surface area (Å²) in [5.74, 6) is 0.659. The molecule has 0 aliphatic heterocycles. The van der Waals surface area contributed by atoms with Gasteiger partial charge in [0.2, 0.25) is 0 Å². The van der Waals surface area contributed by atoms with Crippen molar-refractivity contribution in [3.05, 3.63) is 65.2 Å². The van der Waals surface area contributed by atoms with Crippen molar-refractivity contribution in [2.24, 2.45) is 0 Å². The van der Waals surface area contributed by atoms with Gasteiger partial charge in [0, 0.05) is 25.0 Å². The Hall–Kier alpha value is -3.06. The molecule has 0 aliphatic rings. The third kappa shape index (κ3) is 4.26. The lowest BCUT2D eigenvalue weighted by atomic mass is 10.1. The molecule has 0 radical (unpaired) electrons. The summed E-state index contributed by atoms with van der Waals surface area (Å²) in [5, 5.41) is 14.5. The molecule has 0 unspecified atom stereocenters. The van der Waals surface area contributed by atoms with Gasteiger partial charge in [0.15, 0.2) is 0 Å². The number of fused-ring (bicyclic) bond motifs is 1. The van der Waals surface area contributed by atoms with Crippen LogP contribution in [0.3, 0.4) is 0 Å². The van der Waals surface area contributed by atoms with Gasteiger partial charge in [-0.2, -0.15) is 5.26 Å². The van der Waals surface area contributed by atoms with Crippen LogP contribution in [0.15, 0.2) is 48.5 Å². The average molecular weight is 373 g/mol. The second kappa shape index (κ2) is 9.23. The summed E-state index contributed by atoms with van der Waals surface area (Å²) >= 11 is 0. The number of anilines is 2. The van der Waals surface area contributed by atoms with E-state index in [1.807, 2.05) is 18.2 Å². The number of benzene rings is 2. The van der Waals surface area contributed by atoms with E-state index in [2.05, 4.69) is 67.4 Å². The molecule has 1 aromatic heterocycles. The molecule has 0 saturated carbocycles. The first-order chi connectivity index (χ1) is 13.7. The van der Waals surface area contributed by atoms with E-state index in [4.69, 9.17) is 4.98 Å². The van der Waals surface area contributed by atoms with Gasteiger partial charge in [-0.15, -0.1) is 0 Å². The second-order valence-corrected chi connectivity index (χ2v) is 7.09. The first-order valence-corrected chi connectivity index (χ1v) is 10.0. The third-order valence-corrected chi connectivity index (χ3v) is 5.04. The van der Waals surface area contributed by atoms with Gasteiger partial charge in [-0.1, -0.05) is 61.4 Å². The molecule has 4 heteroatoms. The number of unbranched alkanes of at least 4 members (excludes halogenated alkanes) is 1. The van der Waals surface area contributed by atoms with Crippen molar-refractivity contribution in [1.29, 1.82) is 5.26 Å². The zero-order chi connectivity index (χ0) is 19.9. The molecule has 3 aromatic rings. The molecule has 0 atom stereocenters. The number of nitriles is 1. The highest BCUT2D eigenvalue weighted by Crippen LogP contribution is 2.34. The number of aromatic nitrogens is 1. The van der Waals surface area contributed by atoms with Crippen molar-refractivity contribution < 1.29 is 0 Å². The van der Waals surface area contributed by atoms with Crippen molar-refractivity contribution in [2.45, 2.75) is 40.2 Å². The van der Waals surface area contributed by atoms with Crippen LogP contribution < -0.4 is 10.2 Å². The summed E-state index contributed by atoms with van der Waals surface area (Å²) in [4.78, 5) is 7.08. The van der Waals surface area contributed by atoms with E-state index < -0.39 is 0 Å². The van der Waals surface area contributed by atoms with Gasteiger partial charge in [0.1, 0.15) is 17.5 Å². The maximum Gasteiger partial charge on any atom is 0.147 e. The highest BCUT2D eigenvalue weighted by Gasteiger charge is 2.19. The molecule has 0 aliphatic carbocycles. The lowest BCUT2D eigenvalue weighted by molar-refractivity contribution is 0.733. The lowest BCUT2D eigenvalue weighted by Gasteiger charge is -2.26. The van der Waals surface area contributed by atoms with Gasteiger partial charge in [-0.3, -0.25) is 0 Å². The Morgan fingerprint density at radius 1 is 1.07 bits per heavy atom. The van der Waals surface area contributed by atoms with E-state index in [0.29, 0.717) is 17.9 Å². The largest absolute Gasteiger partial charge is 0.370 e. The van der Waals surface area contributed by atoms with Gasteiger partial charge < -0.3 is 10.2 Å². The zero-order valence-corrected chi connectivity index (χ0v) is 17.0. The zero-order valence-electron chi connectivity index (χ0n) is 17.0. The number of nitrogens with one attached hydrogen (secondary N) is 1. The molecule has 4 nitrogen and oxygen atoms in total. The van der Waals surface area contributed by atoms with E-state index in [0.717, 1.165) is 42.5 Å². The molecule has 2 aromatic carbocycles. The van der Waals surface area contributed by atoms with E-state index in [1.165, 1.54) is 11.1 Å². The number of nitrogens with zero attached hydrogens (tertiary/aromatic N) is 3. The minimum Gasteiger partial charge on any atom is -0.370 e. The molecule has 28 heavy (non-hydrogen) atoms. The molecule has 0 fully saturated rings. The molecular weight excluding hydrogens is 344 g/mol.